The van der Waals surface area contributed by atoms with E-state index in [1.165, 1.54) is 0 Å². The molecule has 2 unspecified atom stereocenters. The van der Waals surface area contributed by atoms with Crippen LogP contribution in [0.1, 0.15) is 46.0 Å². The predicted octanol–water partition coefficient (Wildman–Crippen LogP) is 1.71. The monoisotopic (exact) mass is 218 g/mol. The normalized spacial score (nSPS) is 26.1. The summed E-state index contributed by atoms with van der Waals surface area (Å²) in [5, 5.41) is -1.08. The van der Waals surface area contributed by atoms with Crippen LogP contribution in [-0.4, -0.2) is 24.7 Å². The summed E-state index contributed by atoms with van der Waals surface area (Å²) in [5.74, 6) is -0.0726. The standard InChI is InChI=1S/C10H18O3S/c1-3-8(2)14(12,13)10-7-5-4-6-9(10)11/h8,10H,3-7H2,1-2H3. The third-order valence-electron chi connectivity index (χ3n) is 3.03. The average molecular weight is 218 g/mol. The molecule has 0 aromatic heterocycles. The van der Waals surface area contributed by atoms with Crippen LogP contribution < -0.4 is 0 Å². The molecule has 14 heavy (non-hydrogen) atoms. The number of carbonyl (C=O) groups excluding carboxylic acids is 1. The van der Waals surface area contributed by atoms with Crippen LogP contribution in [-0.2, 0) is 14.6 Å². The van der Waals surface area contributed by atoms with E-state index in [0.717, 1.165) is 12.8 Å². The second-order valence-corrected chi connectivity index (χ2v) is 6.56. The second-order valence-electron chi connectivity index (χ2n) is 4.01. The van der Waals surface area contributed by atoms with Crippen LogP contribution in [0.5, 0.6) is 0 Å². The lowest BCUT2D eigenvalue weighted by atomic mass is 9.99. The van der Waals surface area contributed by atoms with Crippen LogP contribution in [0.3, 0.4) is 0 Å². The van der Waals surface area contributed by atoms with Crippen LogP contribution in [0.2, 0.25) is 0 Å². The minimum Gasteiger partial charge on any atom is -0.298 e. The summed E-state index contributed by atoms with van der Waals surface area (Å²) in [5.41, 5.74) is 0. The summed E-state index contributed by atoms with van der Waals surface area (Å²) in [4.78, 5) is 11.5. The summed E-state index contributed by atoms with van der Waals surface area (Å²) in [7, 11) is -3.21. The van der Waals surface area contributed by atoms with Gasteiger partial charge in [0.1, 0.15) is 5.25 Å². The van der Waals surface area contributed by atoms with Crippen LogP contribution in [0.4, 0.5) is 0 Å². The molecule has 0 bridgehead atoms. The van der Waals surface area contributed by atoms with E-state index in [2.05, 4.69) is 0 Å². The lowest BCUT2D eigenvalue weighted by molar-refractivity contribution is -0.119. The number of hydrogen-bond donors (Lipinski definition) is 0. The fraction of sp³-hybridized carbons (Fsp3) is 0.900. The van der Waals surface area contributed by atoms with E-state index in [1.54, 1.807) is 6.92 Å². The molecule has 2 atom stereocenters. The van der Waals surface area contributed by atoms with Gasteiger partial charge < -0.3 is 0 Å². The summed E-state index contributed by atoms with van der Waals surface area (Å²) in [6.07, 6.45) is 3.29. The summed E-state index contributed by atoms with van der Waals surface area (Å²) in [6, 6.07) is 0. The molecule has 3 nitrogen and oxygen atoms in total. The molecule has 4 heteroatoms. The Morgan fingerprint density at radius 2 is 2.07 bits per heavy atom. The Kier molecular flexibility index (Phi) is 3.70. The number of rotatable bonds is 3. The first-order valence-corrected chi connectivity index (χ1v) is 6.86. The molecule has 0 aliphatic heterocycles. The lowest BCUT2D eigenvalue weighted by Gasteiger charge is -2.23. The number of Topliss-reactive ketones (excluding diaryl/α,β-unsaturated/α-hetero) is 1. The van der Waals surface area contributed by atoms with Crippen LogP contribution in [0, 0.1) is 0 Å². The van der Waals surface area contributed by atoms with Gasteiger partial charge in [-0.05, 0) is 26.2 Å². The lowest BCUT2D eigenvalue weighted by Crippen LogP contribution is -2.38. The molecular formula is C10H18O3S. The highest BCUT2D eigenvalue weighted by Crippen LogP contribution is 2.24. The largest absolute Gasteiger partial charge is 0.298 e. The van der Waals surface area contributed by atoms with E-state index in [0.29, 0.717) is 19.3 Å². The summed E-state index contributed by atoms with van der Waals surface area (Å²) >= 11 is 0. The molecule has 1 rings (SSSR count). The molecule has 0 saturated heterocycles. The van der Waals surface area contributed by atoms with Crippen LogP contribution in [0.25, 0.3) is 0 Å². The van der Waals surface area contributed by atoms with Crippen molar-refractivity contribution in [1.82, 2.24) is 0 Å². The highest BCUT2D eigenvalue weighted by Gasteiger charge is 2.36. The number of carbonyl (C=O) groups is 1. The minimum absolute atomic E-state index is 0.0726. The van der Waals surface area contributed by atoms with Crippen molar-refractivity contribution < 1.29 is 13.2 Å². The van der Waals surface area contributed by atoms with Crippen molar-refractivity contribution in [3.63, 3.8) is 0 Å². The van der Waals surface area contributed by atoms with Crippen molar-refractivity contribution in [3.8, 4) is 0 Å². The summed E-state index contributed by atoms with van der Waals surface area (Å²) < 4.78 is 23.8. The van der Waals surface area contributed by atoms with Gasteiger partial charge >= 0.3 is 0 Å². The van der Waals surface area contributed by atoms with E-state index in [1.807, 2.05) is 6.92 Å². The molecule has 1 aliphatic rings. The highest BCUT2D eigenvalue weighted by molar-refractivity contribution is 7.93. The first kappa shape index (κ1) is 11.7. The van der Waals surface area contributed by atoms with Gasteiger partial charge in [-0.15, -0.1) is 0 Å². The van der Waals surface area contributed by atoms with Crippen LogP contribution >= 0.6 is 0 Å². The van der Waals surface area contributed by atoms with Gasteiger partial charge in [0.2, 0.25) is 0 Å². The molecule has 1 fully saturated rings. The SMILES string of the molecule is CCC(C)S(=O)(=O)C1CCCCC1=O. The van der Waals surface area contributed by atoms with Gasteiger partial charge in [0, 0.05) is 6.42 Å². The van der Waals surface area contributed by atoms with E-state index in [-0.39, 0.29) is 11.0 Å². The molecule has 0 spiro atoms. The van der Waals surface area contributed by atoms with Gasteiger partial charge in [-0.1, -0.05) is 13.3 Å². The van der Waals surface area contributed by atoms with E-state index < -0.39 is 15.1 Å². The molecule has 0 aromatic rings. The molecule has 1 saturated carbocycles. The van der Waals surface area contributed by atoms with Crippen molar-refractivity contribution in [1.29, 1.82) is 0 Å². The van der Waals surface area contributed by atoms with Crippen molar-refractivity contribution >= 4 is 15.6 Å². The van der Waals surface area contributed by atoms with Crippen molar-refractivity contribution in [3.05, 3.63) is 0 Å². The predicted molar refractivity (Wildman–Crippen MR) is 55.9 cm³/mol. The van der Waals surface area contributed by atoms with E-state index >= 15 is 0 Å². The Balaban J connectivity index is 2.85. The topological polar surface area (TPSA) is 51.2 Å². The van der Waals surface area contributed by atoms with Gasteiger partial charge in [-0.25, -0.2) is 8.42 Å². The maximum atomic E-state index is 11.9. The Morgan fingerprint density at radius 3 is 2.57 bits per heavy atom. The average Bonchev–Trinajstić information content (AvgIpc) is 2.17. The van der Waals surface area contributed by atoms with Gasteiger partial charge in [-0.3, -0.25) is 4.79 Å². The van der Waals surface area contributed by atoms with Crippen molar-refractivity contribution in [2.24, 2.45) is 0 Å². The van der Waals surface area contributed by atoms with Gasteiger partial charge in [0.15, 0.2) is 15.6 Å². The quantitative estimate of drug-likeness (QED) is 0.724. The minimum atomic E-state index is -3.21. The Hall–Kier alpha value is -0.380. The smallest absolute Gasteiger partial charge is 0.162 e. The number of hydrogen-bond acceptors (Lipinski definition) is 3. The maximum absolute atomic E-state index is 11.9. The van der Waals surface area contributed by atoms with Crippen molar-refractivity contribution in [2.45, 2.75) is 56.5 Å². The van der Waals surface area contributed by atoms with E-state index in [9.17, 15) is 13.2 Å². The molecule has 0 heterocycles. The third kappa shape index (κ3) is 2.16. The highest BCUT2D eigenvalue weighted by atomic mass is 32.2. The fourth-order valence-electron chi connectivity index (χ4n) is 1.81. The second kappa shape index (κ2) is 4.43. The third-order valence-corrected chi connectivity index (χ3v) is 5.78. The van der Waals surface area contributed by atoms with Crippen LogP contribution in [0.15, 0.2) is 0 Å². The van der Waals surface area contributed by atoms with Gasteiger partial charge in [-0.2, -0.15) is 0 Å². The first-order chi connectivity index (χ1) is 6.50. The van der Waals surface area contributed by atoms with E-state index in [4.69, 9.17) is 0 Å². The molecular weight excluding hydrogens is 200 g/mol. The zero-order valence-electron chi connectivity index (χ0n) is 8.82. The zero-order valence-corrected chi connectivity index (χ0v) is 9.64. The molecule has 0 amide bonds. The first-order valence-electron chi connectivity index (χ1n) is 5.25. The van der Waals surface area contributed by atoms with Gasteiger partial charge in [0.25, 0.3) is 0 Å². The Bertz CT molecular complexity index is 305. The molecule has 82 valence electrons. The Morgan fingerprint density at radius 1 is 1.43 bits per heavy atom. The molecule has 1 aliphatic carbocycles. The maximum Gasteiger partial charge on any atom is 0.162 e. The van der Waals surface area contributed by atoms with Crippen molar-refractivity contribution in [2.75, 3.05) is 0 Å². The number of sulfone groups is 1. The number of ketones is 1. The van der Waals surface area contributed by atoms with Gasteiger partial charge in [0.05, 0.1) is 5.25 Å². The Labute approximate surface area is 85.8 Å². The summed E-state index contributed by atoms with van der Waals surface area (Å²) in [6.45, 7) is 3.53. The zero-order chi connectivity index (χ0) is 10.8. The molecule has 0 N–H and O–H groups in total. The molecule has 0 radical (unpaired) electrons. The fourth-order valence-corrected chi connectivity index (χ4v) is 3.82. The molecule has 0 aromatic carbocycles.